The monoisotopic (exact) mass is 349 g/mol. The number of benzene rings is 1. The van der Waals surface area contributed by atoms with Crippen molar-refractivity contribution in [3.05, 3.63) is 66.1 Å². The van der Waals surface area contributed by atoms with Crippen molar-refractivity contribution in [3.63, 3.8) is 0 Å². The van der Waals surface area contributed by atoms with E-state index in [1.807, 2.05) is 30.3 Å². The van der Waals surface area contributed by atoms with Crippen LogP contribution in [0.15, 0.2) is 55.0 Å². The molecule has 0 atom stereocenters. The number of pyridine rings is 2. The Morgan fingerprint density at radius 1 is 1.12 bits per heavy atom. The molecule has 0 unspecified atom stereocenters. The van der Waals surface area contributed by atoms with Crippen molar-refractivity contribution in [2.75, 3.05) is 7.11 Å². The van der Waals surface area contributed by atoms with Gasteiger partial charge in [-0.2, -0.15) is 0 Å². The molecule has 132 valence electrons. The van der Waals surface area contributed by atoms with Crippen molar-refractivity contribution in [1.29, 1.82) is 0 Å². The molecule has 2 N–H and O–H groups in total. The van der Waals surface area contributed by atoms with Gasteiger partial charge in [0.25, 0.3) is 5.91 Å². The fourth-order valence-corrected chi connectivity index (χ4v) is 2.62. The van der Waals surface area contributed by atoms with Gasteiger partial charge in [0.1, 0.15) is 17.1 Å². The zero-order valence-corrected chi connectivity index (χ0v) is 14.6. The molecule has 6 nitrogen and oxygen atoms in total. The predicted octanol–water partition coefficient (Wildman–Crippen LogP) is 3.61. The van der Waals surface area contributed by atoms with Gasteiger partial charge >= 0.3 is 0 Å². The summed E-state index contributed by atoms with van der Waals surface area (Å²) in [6.07, 6.45) is 5.56. The third-order valence-electron chi connectivity index (χ3n) is 3.97. The average molecular weight is 349 g/mol. The van der Waals surface area contributed by atoms with Crippen LogP contribution in [0.5, 0.6) is 17.4 Å². The summed E-state index contributed by atoms with van der Waals surface area (Å²) in [5.41, 5.74) is 8.08. The first-order valence-electron chi connectivity index (χ1n) is 8.18. The molecule has 2 aromatic heterocycles. The smallest absolute Gasteiger partial charge is 0.254 e. The van der Waals surface area contributed by atoms with Gasteiger partial charge in [-0.25, -0.2) is 4.98 Å². The van der Waals surface area contributed by atoms with E-state index in [4.69, 9.17) is 15.2 Å². The molecular weight excluding hydrogens is 330 g/mol. The highest BCUT2D eigenvalue weighted by Gasteiger charge is 2.19. The molecule has 0 saturated heterocycles. The van der Waals surface area contributed by atoms with Crippen molar-refractivity contribution >= 4 is 5.91 Å². The van der Waals surface area contributed by atoms with E-state index in [1.54, 1.807) is 18.5 Å². The maximum absolute atomic E-state index is 11.7. The van der Waals surface area contributed by atoms with Crippen LogP contribution < -0.4 is 15.2 Å². The zero-order valence-electron chi connectivity index (χ0n) is 14.6. The van der Waals surface area contributed by atoms with E-state index < -0.39 is 5.91 Å². The van der Waals surface area contributed by atoms with Gasteiger partial charge in [-0.05, 0) is 36.2 Å². The minimum Gasteiger partial charge on any atom is -0.495 e. The average Bonchev–Trinajstić information content (AvgIpc) is 2.68. The van der Waals surface area contributed by atoms with Crippen molar-refractivity contribution in [2.24, 2.45) is 5.73 Å². The van der Waals surface area contributed by atoms with Crippen molar-refractivity contribution < 1.29 is 14.3 Å². The first kappa shape index (κ1) is 17.4. The Labute approximate surface area is 151 Å². The topological polar surface area (TPSA) is 87.3 Å². The van der Waals surface area contributed by atoms with Gasteiger partial charge in [-0.1, -0.05) is 19.1 Å². The highest BCUT2D eigenvalue weighted by Crippen LogP contribution is 2.38. The molecule has 3 rings (SSSR count). The Morgan fingerprint density at radius 3 is 2.54 bits per heavy atom. The van der Waals surface area contributed by atoms with Gasteiger partial charge in [0.2, 0.25) is 5.88 Å². The highest BCUT2D eigenvalue weighted by molar-refractivity contribution is 5.98. The number of hydrogen-bond acceptors (Lipinski definition) is 5. The predicted molar refractivity (Wildman–Crippen MR) is 98.4 cm³/mol. The third-order valence-corrected chi connectivity index (χ3v) is 3.97. The van der Waals surface area contributed by atoms with Gasteiger partial charge in [0, 0.05) is 29.7 Å². The van der Waals surface area contributed by atoms with Crippen molar-refractivity contribution in [3.8, 4) is 28.5 Å². The molecule has 1 amide bonds. The fourth-order valence-electron chi connectivity index (χ4n) is 2.62. The SMILES string of the molecule is CCc1ccc(Oc2ncccc2-c2cncc(C(N)=O)c2OC)cc1. The second-order valence-corrected chi connectivity index (χ2v) is 5.59. The molecule has 0 aliphatic carbocycles. The first-order valence-corrected chi connectivity index (χ1v) is 8.18. The normalized spacial score (nSPS) is 10.4. The van der Waals surface area contributed by atoms with E-state index in [9.17, 15) is 4.79 Å². The minimum atomic E-state index is -0.613. The number of hydrogen-bond donors (Lipinski definition) is 1. The van der Waals surface area contributed by atoms with E-state index in [-0.39, 0.29) is 5.56 Å². The summed E-state index contributed by atoms with van der Waals surface area (Å²) in [6, 6.07) is 11.4. The molecule has 3 aromatic rings. The second-order valence-electron chi connectivity index (χ2n) is 5.59. The van der Waals surface area contributed by atoms with Crippen molar-refractivity contribution in [1.82, 2.24) is 9.97 Å². The van der Waals surface area contributed by atoms with E-state index in [0.717, 1.165) is 6.42 Å². The second kappa shape index (κ2) is 7.65. The van der Waals surface area contributed by atoms with E-state index in [0.29, 0.717) is 28.5 Å². The quantitative estimate of drug-likeness (QED) is 0.734. The number of nitrogens with zero attached hydrogens (tertiary/aromatic N) is 2. The minimum absolute atomic E-state index is 0.201. The summed E-state index contributed by atoms with van der Waals surface area (Å²) in [7, 11) is 1.48. The van der Waals surface area contributed by atoms with Crippen LogP contribution in [0.25, 0.3) is 11.1 Å². The van der Waals surface area contributed by atoms with E-state index in [1.165, 1.54) is 18.9 Å². The Kier molecular flexibility index (Phi) is 5.12. The van der Waals surface area contributed by atoms with Crippen LogP contribution in [0, 0.1) is 0 Å². The van der Waals surface area contributed by atoms with Crippen LogP contribution in [0.4, 0.5) is 0 Å². The number of nitrogens with two attached hydrogens (primary N) is 1. The molecule has 0 fully saturated rings. The molecule has 2 heterocycles. The standard InChI is InChI=1S/C20H19N3O3/c1-3-13-6-8-14(9-7-13)26-20-15(5-4-10-23-20)16-11-22-12-17(19(21)24)18(16)25-2/h4-12H,3H2,1-2H3,(H2,21,24). The first-order chi connectivity index (χ1) is 12.6. The summed E-state index contributed by atoms with van der Waals surface area (Å²) in [4.78, 5) is 20.1. The fraction of sp³-hybridized carbons (Fsp3) is 0.150. The summed E-state index contributed by atoms with van der Waals surface area (Å²) in [6.45, 7) is 2.09. The Bertz CT molecular complexity index is 924. The van der Waals surface area contributed by atoms with Crippen LogP contribution in [0.1, 0.15) is 22.8 Å². The Balaban J connectivity index is 2.05. The summed E-state index contributed by atoms with van der Waals surface area (Å²) >= 11 is 0. The maximum Gasteiger partial charge on any atom is 0.254 e. The van der Waals surface area contributed by atoms with Crippen LogP contribution in [0.2, 0.25) is 0 Å². The number of amides is 1. The molecule has 0 aliphatic heterocycles. The number of carbonyl (C=O) groups excluding carboxylic acids is 1. The molecule has 0 bridgehead atoms. The van der Waals surface area contributed by atoms with E-state index >= 15 is 0 Å². The molecule has 6 heteroatoms. The number of aromatic nitrogens is 2. The van der Waals surface area contributed by atoms with Crippen LogP contribution in [-0.4, -0.2) is 23.0 Å². The summed E-state index contributed by atoms with van der Waals surface area (Å²) in [5.74, 6) is 0.781. The molecular formula is C20H19N3O3. The molecule has 0 saturated carbocycles. The lowest BCUT2D eigenvalue weighted by atomic mass is 10.1. The zero-order chi connectivity index (χ0) is 18.5. The van der Waals surface area contributed by atoms with Gasteiger partial charge < -0.3 is 15.2 Å². The molecule has 0 radical (unpaired) electrons. The highest BCUT2D eigenvalue weighted by atomic mass is 16.5. The molecule has 26 heavy (non-hydrogen) atoms. The number of methoxy groups -OCH3 is 1. The number of primary amides is 1. The van der Waals surface area contributed by atoms with Gasteiger partial charge in [-0.15, -0.1) is 0 Å². The third kappa shape index (κ3) is 3.49. The van der Waals surface area contributed by atoms with Gasteiger partial charge in [-0.3, -0.25) is 9.78 Å². The van der Waals surface area contributed by atoms with Crippen LogP contribution in [0.3, 0.4) is 0 Å². The Morgan fingerprint density at radius 2 is 1.88 bits per heavy atom. The Hall–Kier alpha value is -3.41. The van der Waals surface area contributed by atoms with Gasteiger partial charge in [0.15, 0.2) is 0 Å². The van der Waals surface area contributed by atoms with Crippen LogP contribution in [-0.2, 0) is 6.42 Å². The molecule has 0 spiro atoms. The van der Waals surface area contributed by atoms with Crippen molar-refractivity contribution in [2.45, 2.75) is 13.3 Å². The number of rotatable bonds is 6. The summed E-state index contributed by atoms with van der Waals surface area (Å²) < 4.78 is 11.4. The number of carbonyl (C=O) groups is 1. The van der Waals surface area contributed by atoms with Crippen LogP contribution >= 0.6 is 0 Å². The largest absolute Gasteiger partial charge is 0.495 e. The number of aryl methyl sites for hydroxylation is 1. The number of ether oxygens (including phenoxy) is 2. The summed E-state index contributed by atoms with van der Waals surface area (Å²) in [5, 5.41) is 0. The lowest BCUT2D eigenvalue weighted by molar-refractivity contribution is 0.0997. The van der Waals surface area contributed by atoms with Gasteiger partial charge in [0.05, 0.1) is 7.11 Å². The van der Waals surface area contributed by atoms with E-state index in [2.05, 4.69) is 16.9 Å². The maximum atomic E-state index is 11.7. The molecule has 1 aromatic carbocycles. The lowest BCUT2D eigenvalue weighted by Gasteiger charge is -2.14. The lowest BCUT2D eigenvalue weighted by Crippen LogP contribution is -2.13. The molecule has 0 aliphatic rings.